The van der Waals surface area contributed by atoms with Gasteiger partial charge in [0.05, 0.1) is 11.7 Å². The quantitative estimate of drug-likeness (QED) is 0.836. The Morgan fingerprint density at radius 3 is 2.95 bits per heavy atom. The van der Waals surface area contributed by atoms with E-state index in [1.54, 1.807) is 0 Å². The molecule has 19 heavy (non-hydrogen) atoms. The number of hydrogen-bond acceptors (Lipinski definition) is 2. The highest BCUT2D eigenvalue weighted by Crippen LogP contribution is 2.18. The molecule has 2 rings (SSSR count). The second-order valence-electron chi connectivity index (χ2n) is 5.31. The first-order chi connectivity index (χ1) is 9.13. The lowest BCUT2D eigenvalue weighted by Crippen LogP contribution is -2.43. The number of piperidine rings is 1. The number of carbonyl (C=O) groups is 1. The third-order valence-corrected chi connectivity index (χ3v) is 3.84. The Morgan fingerprint density at radius 1 is 1.53 bits per heavy atom. The number of ether oxygens (including phenoxy) is 1. The molecule has 0 unspecified atom stereocenters. The molecule has 106 valence electrons. The molecule has 1 amide bonds. The summed E-state index contributed by atoms with van der Waals surface area (Å²) in [5, 5.41) is 0. The molecule has 0 radical (unpaired) electrons. The van der Waals surface area contributed by atoms with Crippen molar-refractivity contribution in [1.82, 2.24) is 9.47 Å². The Kier molecular flexibility index (Phi) is 4.64. The number of rotatable bonds is 4. The molecular formula is C15H24N2O2. The van der Waals surface area contributed by atoms with Crippen LogP contribution in [0.1, 0.15) is 42.2 Å². The van der Waals surface area contributed by atoms with Crippen molar-refractivity contribution in [3.05, 3.63) is 23.5 Å². The molecule has 1 aliphatic rings. The van der Waals surface area contributed by atoms with Crippen LogP contribution in [-0.2, 0) is 11.8 Å². The summed E-state index contributed by atoms with van der Waals surface area (Å²) < 4.78 is 7.77. The molecule has 2 heterocycles. The number of aryl methyl sites for hydroxylation is 1. The van der Waals surface area contributed by atoms with E-state index in [1.807, 2.05) is 35.7 Å². The topological polar surface area (TPSA) is 34.5 Å². The zero-order chi connectivity index (χ0) is 13.8. The smallest absolute Gasteiger partial charge is 0.255 e. The summed E-state index contributed by atoms with van der Waals surface area (Å²) in [6.45, 7) is 6.46. The van der Waals surface area contributed by atoms with Crippen LogP contribution in [0, 0.1) is 6.92 Å². The second-order valence-corrected chi connectivity index (χ2v) is 5.31. The minimum Gasteiger partial charge on any atom is -0.376 e. The molecule has 0 N–H and O–H groups in total. The van der Waals surface area contributed by atoms with Crippen molar-refractivity contribution >= 4 is 5.91 Å². The van der Waals surface area contributed by atoms with Crippen molar-refractivity contribution in [3.63, 3.8) is 0 Å². The van der Waals surface area contributed by atoms with Gasteiger partial charge in [-0.15, -0.1) is 0 Å². The average Bonchev–Trinajstić information content (AvgIpc) is 2.76. The summed E-state index contributed by atoms with van der Waals surface area (Å²) in [5.74, 6) is 0.142. The summed E-state index contributed by atoms with van der Waals surface area (Å²) in [6, 6.07) is 1.91. The van der Waals surface area contributed by atoms with Crippen molar-refractivity contribution in [2.24, 2.45) is 7.05 Å². The minimum absolute atomic E-state index is 0.142. The number of carbonyl (C=O) groups excluding carboxylic acids is 1. The van der Waals surface area contributed by atoms with E-state index in [9.17, 15) is 4.79 Å². The second kappa shape index (κ2) is 6.24. The molecule has 1 atom stereocenters. The van der Waals surface area contributed by atoms with Gasteiger partial charge in [-0.1, -0.05) is 6.92 Å². The number of aromatic nitrogens is 1. The van der Waals surface area contributed by atoms with Gasteiger partial charge in [0.1, 0.15) is 0 Å². The summed E-state index contributed by atoms with van der Waals surface area (Å²) in [6.07, 6.45) is 5.28. The molecular weight excluding hydrogens is 240 g/mol. The van der Waals surface area contributed by atoms with Crippen molar-refractivity contribution in [2.75, 3.05) is 19.7 Å². The lowest BCUT2D eigenvalue weighted by atomic mass is 10.1. The first-order valence-electron chi connectivity index (χ1n) is 7.16. The molecule has 0 bridgehead atoms. The van der Waals surface area contributed by atoms with Crippen LogP contribution in [0.3, 0.4) is 0 Å². The third kappa shape index (κ3) is 3.18. The monoisotopic (exact) mass is 264 g/mol. The van der Waals surface area contributed by atoms with E-state index >= 15 is 0 Å². The van der Waals surface area contributed by atoms with E-state index in [-0.39, 0.29) is 12.0 Å². The largest absolute Gasteiger partial charge is 0.376 e. The van der Waals surface area contributed by atoms with Gasteiger partial charge in [0.2, 0.25) is 0 Å². The van der Waals surface area contributed by atoms with Gasteiger partial charge < -0.3 is 14.2 Å². The molecule has 1 fully saturated rings. The zero-order valence-electron chi connectivity index (χ0n) is 12.2. The molecule has 1 aromatic heterocycles. The van der Waals surface area contributed by atoms with E-state index in [2.05, 4.69) is 6.92 Å². The first-order valence-corrected chi connectivity index (χ1v) is 7.16. The molecule has 0 spiro atoms. The normalized spacial score (nSPS) is 19.7. The van der Waals surface area contributed by atoms with Gasteiger partial charge in [-0.3, -0.25) is 4.79 Å². The van der Waals surface area contributed by atoms with Crippen LogP contribution in [0.15, 0.2) is 12.3 Å². The SMILES string of the molecule is CCCO[C@@H]1CCCN(C(=O)c2ccn(C)c2C)C1. The van der Waals surface area contributed by atoms with Gasteiger partial charge in [-0.2, -0.15) is 0 Å². The van der Waals surface area contributed by atoms with Crippen molar-refractivity contribution < 1.29 is 9.53 Å². The molecule has 1 aromatic rings. The van der Waals surface area contributed by atoms with Crippen molar-refractivity contribution in [3.8, 4) is 0 Å². The Labute approximate surface area is 115 Å². The van der Waals surface area contributed by atoms with Gasteiger partial charge in [-0.05, 0) is 32.3 Å². The first kappa shape index (κ1) is 14.1. The van der Waals surface area contributed by atoms with Gasteiger partial charge >= 0.3 is 0 Å². The molecule has 4 nitrogen and oxygen atoms in total. The van der Waals surface area contributed by atoms with Gasteiger partial charge in [0.25, 0.3) is 5.91 Å². The highest BCUT2D eigenvalue weighted by molar-refractivity contribution is 5.95. The summed E-state index contributed by atoms with van der Waals surface area (Å²) in [4.78, 5) is 14.4. The Hall–Kier alpha value is -1.29. The summed E-state index contributed by atoms with van der Waals surface area (Å²) in [5.41, 5.74) is 1.85. The van der Waals surface area contributed by atoms with Crippen LogP contribution in [0.2, 0.25) is 0 Å². The van der Waals surface area contributed by atoms with Gasteiger partial charge in [-0.25, -0.2) is 0 Å². The highest BCUT2D eigenvalue weighted by atomic mass is 16.5. The van der Waals surface area contributed by atoms with Crippen molar-refractivity contribution in [1.29, 1.82) is 0 Å². The van der Waals surface area contributed by atoms with E-state index in [4.69, 9.17) is 4.74 Å². The Bertz CT molecular complexity index is 439. The lowest BCUT2D eigenvalue weighted by Gasteiger charge is -2.32. The fourth-order valence-electron chi connectivity index (χ4n) is 2.55. The molecule has 1 aliphatic heterocycles. The zero-order valence-corrected chi connectivity index (χ0v) is 12.2. The molecule has 0 aliphatic carbocycles. The molecule has 4 heteroatoms. The fraction of sp³-hybridized carbons (Fsp3) is 0.667. The third-order valence-electron chi connectivity index (χ3n) is 3.84. The summed E-state index contributed by atoms with van der Waals surface area (Å²) >= 11 is 0. The van der Waals surface area contributed by atoms with Crippen LogP contribution >= 0.6 is 0 Å². The van der Waals surface area contributed by atoms with Crippen LogP contribution in [0.4, 0.5) is 0 Å². The predicted molar refractivity (Wildman–Crippen MR) is 75.3 cm³/mol. The molecule has 0 aromatic carbocycles. The Balaban J connectivity index is 2.01. The maximum atomic E-state index is 12.5. The number of hydrogen-bond donors (Lipinski definition) is 0. The van der Waals surface area contributed by atoms with E-state index in [0.717, 1.165) is 50.2 Å². The van der Waals surface area contributed by atoms with Crippen LogP contribution in [-0.4, -0.2) is 41.2 Å². The van der Waals surface area contributed by atoms with Gasteiger partial charge in [0.15, 0.2) is 0 Å². The fourth-order valence-corrected chi connectivity index (χ4v) is 2.55. The van der Waals surface area contributed by atoms with Crippen LogP contribution < -0.4 is 0 Å². The predicted octanol–water partition coefficient (Wildman–Crippen LogP) is 2.36. The number of amides is 1. The highest BCUT2D eigenvalue weighted by Gasteiger charge is 2.26. The molecule has 0 saturated carbocycles. The van der Waals surface area contributed by atoms with E-state index in [0.29, 0.717) is 0 Å². The van der Waals surface area contributed by atoms with Gasteiger partial charge in [0, 0.05) is 38.6 Å². The minimum atomic E-state index is 0.142. The standard InChI is InChI=1S/C15H24N2O2/c1-4-10-19-13-6-5-8-17(11-13)15(18)14-7-9-16(3)12(14)2/h7,9,13H,4-6,8,10-11H2,1-3H3/t13-/m1/s1. The maximum absolute atomic E-state index is 12.5. The molecule has 1 saturated heterocycles. The maximum Gasteiger partial charge on any atom is 0.255 e. The summed E-state index contributed by atoms with van der Waals surface area (Å²) in [7, 11) is 1.97. The lowest BCUT2D eigenvalue weighted by molar-refractivity contribution is 0.00208. The van der Waals surface area contributed by atoms with Crippen LogP contribution in [0.5, 0.6) is 0 Å². The van der Waals surface area contributed by atoms with E-state index < -0.39 is 0 Å². The van der Waals surface area contributed by atoms with Crippen LogP contribution in [0.25, 0.3) is 0 Å². The average molecular weight is 264 g/mol. The van der Waals surface area contributed by atoms with E-state index in [1.165, 1.54) is 0 Å². The number of likely N-dealkylation sites (tertiary alicyclic amines) is 1. The Morgan fingerprint density at radius 2 is 2.32 bits per heavy atom. The number of nitrogens with zero attached hydrogens (tertiary/aromatic N) is 2. The van der Waals surface area contributed by atoms with Crippen molar-refractivity contribution in [2.45, 2.75) is 39.2 Å².